The number of allylic oxidation sites excluding steroid dienone is 1. The topological polar surface area (TPSA) is 57.6 Å². The molecule has 0 spiro atoms. The van der Waals surface area contributed by atoms with Crippen LogP contribution in [0.15, 0.2) is 52.4 Å². The third kappa shape index (κ3) is 3.80. The average molecular weight is 380 g/mol. The Bertz CT molecular complexity index is 935. The third-order valence-corrected chi connectivity index (χ3v) is 5.74. The molecule has 0 aliphatic carbocycles. The van der Waals surface area contributed by atoms with Crippen molar-refractivity contribution in [1.29, 1.82) is 0 Å². The van der Waals surface area contributed by atoms with Crippen LogP contribution in [0, 0.1) is 0 Å². The fourth-order valence-electron chi connectivity index (χ4n) is 2.78. The second-order valence-corrected chi connectivity index (χ2v) is 8.90. The SMILES string of the molecule is CC(=S)/C=C1/Sc2ccc3ccccc3c2N1CCCS(=O)(=O)O. The van der Waals surface area contributed by atoms with E-state index >= 15 is 0 Å². The Balaban J connectivity index is 2.02. The van der Waals surface area contributed by atoms with Crippen molar-refractivity contribution in [3.05, 3.63) is 47.5 Å². The summed E-state index contributed by atoms with van der Waals surface area (Å²) in [5, 5.41) is 3.25. The maximum atomic E-state index is 11.0. The van der Waals surface area contributed by atoms with Crippen molar-refractivity contribution in [2.24, 2.45) is 0 Å². The monoisotopic (exact) mass is 379 g/mol. The highest BCUT2D eigenvalue weighted by Crippen LogP contribution is 2.49. The van der Waals surface area contributed by atoms with Crippen LogP contribution >= 0.6 is 24.0 Å². The third-order valence-electron chi connectivity index (χ3n) is 3.72. The van der Waals surface area contributed by atoms with Gasteiger partial charge in [-0.05, 0) is 30.9 Å². The Labute approximate surface area is 151 Å². The lowest BCUT2D eigenvalue weighted by Gasteiger charge is -2.21. The van der Waals surface area contributed by atoms with Gasteiger partial charge in [0.05, 0.1) is 16.5 Å². The van der Waals surface area contributed by atoms with Crippen LogP contribution in [-0.4, -0.2) is 30.1 Å². The molecule has 24 heavy (non-hydrogen) atoms. The van der Waals surface area contributed by atoms with Crippen LogP contribution in [0.2, 0.25) is 0 Å². The van der Waals surface area contributed by atoms with Crippen LogP contribution < -0.4 is 4.90 Å². The van der Waals surface area contributed by atoms with Crippen LogP contribution in [0.4, 0.5) is 5.69 Å². The van der Waals surface area contributed by atoms with E-state index < -0.39 is 10.1 Å². The Kier molecular flexibility index (Phi) is 4.96. The summed E-state index contributed by atoms with van der Waals surface area (Å²) in [6.07, 6.45) is 2.28. The van der Waals surface area contributed by atoms with Crippen LogP contribution in [0.1, 0.15) is 13.3 Å². The van der Waals surface area contributed by atoms with Crippen LogP contribution in [-0.2, 0) is 10.1 Å². The molecule has 0 saturated carbocycles. The Morgan fingerprint density at radius 3 is 2.75 bits per heavy atom. The van der Waals surface area contributed by atoms with Crippen molar-refractivity contribution in [3.8, 4) is 0 Å². The van der Waals surface area contributed by atoms with Gasteiger partial charge < -0.3 is 4.90 Å². The zero-order chi connectivity index (χ0) is 17.3. The van der Waals surface area contributed by atoms with Crippen molar-refractivity contribution < 1.29 is 13.0 Å². The molecule has 0 saturated heterocycles. The second-order valence-electron chi connectivity index (χ2n) is 5.62. The highest BCUT2D eigenvalue weighted by atomic mass is 32.2. The van der Waals surface area contributed by atoms with E-state index in [1.807, 2.05) is 25.1 Å². The predicted molar refractivity (Wildman–Crippen MR) is 105 cm³/mol. The first kappa shape index (κ1) is 17.4. The maximum Gasteiger partial charge on any atom is 0.264 e. The van der Waals surface area contributed by atoms with Gasteiger partial charge in [0, 0.05) is 21.7 Å². The minimum atomic E-state index is -3.95. The highest BCUT2D eigenvalue weighted by molar-refractivity contribution is 8.03. The van der Waals surface area contributed by atoms with Gasteiger partial charge in [-0.25, -0.2) is 0 Å². The zero-order valence-corrected chi connectivity index (χ0v) is 15.5. The number of thiocarbonyl (C=S) groups is 1. The summed E-state index contributed by atoms with van der Waals surface area (Å²) in [4.78, 5) is 4.00. The van der Waals surface area contributed by atoms with Crippen LogP contribution in [0.5, 0.6) is 0 Å². The van der Waals surface area contributed by atoms with E-state index in [1.54, 1.807) is 11.8 Å². The molecule has 1 heterocycles. The lowest BCUT2D eigenvalue weighted by Crippen LogP contribution is -2.22. The fraction of sp³-hybridized carbons (Fsp3) is 0.235. The van der Waals surface area contributed by atoms with Gasteiger partial charge in [0.2, 0.25) is 0 Å². The standard InChI is InChI=1S/C17H17NO3S3/c1-12(22)11-16-18(9-4-10-24(19,20)21)17-14-6-3-2-5-13(14)7-8-15(17)23-16/h2-3,5-8,11H,4,9-10H2,1H3,(H,19,20,21)/b16-11+. The van der Waals surface area contributed by atoms with Gasteiger partial charge in [0.15, 0.2) is 0 Å². The van der Waals surface area contributed by atoms with Crippen molar-refractivity contribution in [2.75, 3.05) is 17.2 Å². The summed E-state index contributed by atoms with van der Waals surface area (Å²) in [5.41, 5.74) is 1.08. The first-order valence-corrected chi connectivity index (χ1v) is 10.3. The lowest BCUT2D eigenvalue weighted by molar-refractivity contribution is 0.481. The van der Waals surface area contributed by atoms with E-state index in [4.69, 9.17) is 16.8 Å². The largest absolute Gasteiger partial charge is 0.334 e. The van der Waals surface area contributed by atoms with E-state index in [0.29, 0.717) is 13.0 Å². The molecule has 1 aliphatic rings. The first-order chi connectivity index (χ1) is 11.3. The molecule has 3 rings (SSSR count). The van der Waals surface area contributed by atoms with Crippen molar-refractivity contribution in [3.63, 3.8) is 0 Å². The summed E-state index contributed by atoms with van der Waals surface area (Å²) < 4.78 is 31.0. The van der Waals surface area contributed by atoms with E-state index in [2.05, 4.69) is 29.2 Å². The summed E-state index contributed by atoms with van der Waals surface area (Å²) in [6.45, 7) is 2.36. The predicted octanol–water partition coefficient (Wildman–Crippen LogP) is 4.26. The van der Waals surface area contributed by atoms with E-state index in [-0.39, 0.29) is 5.75 Å². The molecule has 2 aromatic carbocycles. The molecule has 1 aliphatic heterocycles. The molecule has 4 nitrogen and oxygen atoms in total. The van der Waals surface area contributed by atoms with Crippen molar-refractivity contribution in [2.45, 2.75) is 18.2 Å². The number of benzene rings is 2. The fourth-order valence-corrected chi connectivity index (χ4v) is 4.67. The number of hydrogen-bond donors (Lipinski definition) is 1. The molecule has 0 unspecified atom stereocenters. The smallest absolute Gasteiger partial charge is 0.264 e. The average Bonchev–Trinajstić information content (AvgIpc) is 2.83. The zero-order valence-electron chi connectivity index (χ0n) is 13.1. The minimum absolute atomic E-state index is 0.252. The van der Waals surface area contributed by atoms with E-state index in [0.717, 1.165) is 31.2 Å². The first-order valence-electron chi connectivity index (χ1n) is 7.50. The number of nitrogens with zero attached hydrogens (tertiary/aromatic N) is 1. The van der Waals surface area contributed by atoms with Crippen molar-refractivity contribution in [1.82, 2.24) is 0 Å². The van der Waals surface area contributed by atoms with E-state index in [9.17, 15) is 8.42 Å². The summed E-state index contributed by atoms with van der Waals surface area (Å²) in [6, 6.07) is 12.3. The number of thioether (sulfide) groups is 1. The van der Waals surface area contributed by atoms with E-state index in [1.165, 1.54) is 0 Å². The highest BCUT2D eigenvalue weighted by Gasteiger charge is 2.27. The van der Waals surface area contributed by atoms with Gasteiger partial charge in [-0.1, -0.05) is 54.3 Å². The molecular formula is C17H17NO3S3. The number of hydrogen-bond acceptors (Lipinski definition) is 5. The molecule has 0 bridgehead atoms. The number of fused-ring (bicyclic) bond motifs is 3. The molecule has 0 aromatic heterocycles. The second kappa shape index (κ2) is 6.84. The summed E-state index contributed by atoms with van der Waals surface area (Å²) >= 11 is 6.84. The molecule has 126 valence electrons. The Morgan fingerprint density at radius 2 is 2.04 bits per heavy atom. The van der Waals surface area contributed by atoms with Gasteiger partial charge in [-0.3, -0.25) is 4.55 Å². The number of anilines is 1. The number of rotatable bonds is 5. The molecular weight excluding hydrogens is 362 g/mol. The molecule has 2 aromatic rings. The maximum absolute atomic E-state index is 11.0. The molecule has 0 radical (unpaired) electrons. The van der Waals surface area contributed by atoms with Gasteiger partial charge in [0.1, 0.15) is 0 Å². The summed E-state index contributed by atoms with van der Waals surface area (Å²) in [7, 11) is -3.95. The Hall–Kier alpha value is -1.41. The quantitative estimate of drug-likeness (QED) is 0.476. The van der Waals surface area contributed by atoms with Crippen LogP contribution in [0.25, 0.3) is 10.8 Å². The van der Waals surface area contributed by atoms with Gasteiger partial charge in [0.25, 0.3) is 10.1 Å². The minimum Gasteiger partial charge on any atom is -0.334 e. The van der Waals surface area contributed by atoms with Gasteiger partial charge in [-0.2, -0.15) is 8.42 Å². The summed E-state index contributed by atoms with van der Waals surface area (Å²) in [5.74, 6) is -0.252. The van der Waals surface area contributed by atoms with Gasteiger partial charge in [-0.15, -0.1) is 0 Å². The van der Waals surface area contributed by atoms with Crippen molar-refractivity contribution >= 4 is 55.4 Å². The molecule has 1 N–H and O–H groups in total. The van der Waals surface area contributed by atoms with Gasteiger partial charge >= 0.3 is 0 Å². The lowest BCUT2D eigenvalue weighted by atomic mass is 10.1. The Morgan fingerprint density at radius 1 is 1.29 bits per heavy atom. The normalized spacial score (nSPS) is 15.9. The molecule has 0 atom stereocenters. The molecule has 0 fully saturated rings. The molecule has 0 amide bonds. The molecule has 7 heteroatoms. The van der Waals surface area contributed by atoms with Crippen LogP contribution in [0.3, 0.4) is 0 Å².